The Kier molecular flexibility index (Phi) is 1.19. The van der Waals surface area contributed by atoms with Gasteiger partial charge >= 0.3 is 0 Å². The van der Waals surface area contributed by atoms with Gasteiger partial charge in [0.2, 0.25) is 0 Å². The molecule has 0 saturated heterocycles. The third-order valence-electron chi connectivity index (χ3n) is 1.45. The summed E-state index contributed by atoms with van der Waals surface area (Å²) in [6.45, 7) is 0. The van der Waals surface area contributed by atoms with Crippen molar-refractivity contribution in [1.82, 2.24) is 0 Å². The van der Waals surface area contributed by atoms with E-state index in [-0.39, 0.29) is 5.78 Å². The molecule has 1 aromatic heterocycles. The van der Waals surface area contributed by atoms with Crippen molar-refractivity contribution in [3.63, 3.8) is 0 Å². The Balaban J connectivity index is 2.73. The molecule has 1 aromatic rings. The van der Waals surface area contributed by atoms with E-state index in [9.17, 15) is 4.79 Å². The van der Waals surface area contributed by atoms with Crippen LogP contribution in [0.4, 0.5) is 0 Å². The molecule has 0 atom stereocenters. The SMILES string of the molecule is O=C1C=Cc2c1csc2Cl. The standard InChI is InChI=1S/C7H3ClOS/c8-7-4-1-2-6(9)5(4)3-10-7/h1-3H. The smallest absolute Gasteiger partial charge is 0.187 e. The van der Waals surface area contributed by atoms with E-state index in [4.69, 9.17) is 11.6 Å². The van der Waals surface area contributed by atoms with Crippen molar-refractivity contribution in [2.75, 3.05) is 0 Å². The normalized spacial score (nSPS) is 14.3. The average molecular weight is 171 g/mol. The molecule has 1 aliphatic carbocycles. The van der Waals surface area contributed by atoms with Crippen LogP contribution in [0.5, 0.6) is 0 Å². The lowest BCUT2D eigenvalue weighted by atomic mass is 10.2. The van der Waals surface area contributed by atoms with Crippen molar-refractivity contribution < 1.29 is 4.79 Å². The van der Waals surface area contributed by atoms with Crippen molar-refractivity contribution in [1.29, 1.82) is 0 Å². The summed E-state index contributed by atoms with van der Waals surface area (Å²) in [5.74, 6) is 0.0677. The summed E-state index contributed by atoms with van der Waals surface area (Å²) in [5.41, 5.74) is 1.63. The van der Waals surface area contributed by atoms with Gasteiger partial charge in [-0.1, -0.05) is 11.6 Å². The first kappa shape index (κ1) is 6.13. The summed E-state index contributed by atoms with van der Waals surface area (Å²) in [6, 6.07) is 0. The lowest BCUT2D eigenvalue weighted by Gasteiger charge is -1.82. The molecule has 0 bridgehead atoms. The average Bonchev–Trinajstić information content (AvgIpc) is 2.41. The Morgan fingerprint density at radius 2 is 2.20 bits per heavy atom. The first-order valence-corrected chi connectivity index (χ1v) is 4.04. The molecule has 0 spiro atoms. The van der Waals surface area contributed by atoms with E-state index >= 15 is 0 Å². The maximum Gasteiger partial charge on any atom is 0.187 e. The zero-order chi connectivity index (χ0) is 7.14. The fourth-order valence-corrected chi connectivity index (χ4v) is 2.01. The van der Waals surface area contributed by atoms with Crippen LogP contribution >= 0.6 is 22.9 Å². The molecule has 0 saturated carbocycles. The molecular formula is C7H3ClOS. The maximum absolute atomic E-state index is 10.9. The van der Waals surface area contributed by atoms with Gasteiger partial charge in [0.15, 0.2) is 5.78 Å². The van der Waals surface area contributed by atoms with Crippen molar-refractivity contribution in [3.8, 4) is 0 Å². The summed E-state index contributed by atoms with van der Waals surface area (Å²) < 4.78 is 0.706. The van der Waals surface area contributed by atoms with Crippen molar-refractivity contribution in [2.24, 2.45) is 0 Å². The molecular weight excluding hydrogens is 168 g/mol. The van der Waals surface area contributed by atoms with Gasteiger partial charge in [-0.05, 0) is 12.2 Å². The van der Waals surface area contributed by atoms with Gasteiger partial charge in [0.1, 0.15) is 4.34 Å². The Hall–Kier alpha value is -0.600. The fourth-order valence-electron chi connectivity index (χ4n) is 0.938. The van der Waals surface area contributed by atoms with E-state index in [0.29, 0.717) is 4.34 Å². The second-order valence-corrected chi connectivity index (χ2v) is 3.52. The van der Waals surface area contributed by atoms with E-state index in [1.807, 2.05) is 0 Å². The first-order chi connectivity index (χ1) is 4.79. The van der Waals surface area contributed by atoms with Gasteiger partial charge in [0.25, 0.3) is 0 Å². The minimum Gasteiger partial charge on any atom is -0.289 e. The van der Waals surface area contributed by atoms with Gasteiger partial charge in [-0.3, -0.25) is 4.79 Å². The minimum absolute atomic E-state index is 0.0677. The molecule has 1 nitrogen and oxygen atoms in total. The van der Waals surface area contributed by atoms with Crippen molar-refractivity contribution in [3.05, 3.63) is 26.9 Å². The van der Waals surface area contributed by atoms with Crippen LogP contribution in [0.15, 0.2) is 11.5 Å². The molecule has 0 N–H and O–H groups in total. The number of thiophene rings is 1. The van der Waals surface area contributed by atoms with Crippen LogP contribution in [0.2, 0.25) is 4.34 Å². The highest BCUT2D eigenvalue weighted by Crippen LogP contribution is 2.32. The number of carbonyl (C=O) groups excluding carboxylic acids is 1. The zero-order valence-electron chi connectivity index (χ0n) is 4.93. The number of rotatable bonds is 0. The topological polar surface area (TPSA) is 17.1 Å². The third kappa shape index (κ3) is 0.662. The summed E-state index contributed by atoms with van der Waals surface area (Å²) in [5, 5.41) is 1.79. The molecule has 0 amide bonds. The first-order valence-electron chi connectivity index (χ1n) is 2.78. The van der Waals surface area contributed by atoms with Crippen molar-refractivity contribution >= 4 is 34.8 Å². The van der Waals surface area contributed by atoms with E-state index < -0.39 is 0 Å². The molecule has 10 heavy (non-hydrogen) atoms. The number of hydrogen-bond donors (Lipinski definition) is 0. The Bertz CT molecular complexity index is 324. The molecule has 0 fully saturated rings. The van der Waals surface area contributed by atoms with Gasteiger partial charge < -0.3 is 0 Å². The third-order valence-corrected chi connectivity index (χ3v) is 2.70. The van der Waals surface area contributed by atoms with E-state index in [2.05, 4.69) is 0 Å². The van der Waals surface area contributed by atoms with Gasteiger partial charge in [-0.15, -0.1) is 11.3 Å². The van der Waals surface area contributed by atoms with Crippen LogP contribution < -0.4 is 0 Å². The Morgan fingerprint density at radius 3 is 2.90 bits per heavy atom. The summed E-state index contributed by atoms with van der Waals surface area (Å²) in [7, 11) is 0. The summed E-state index contributed by atoms with van der Waals surface area (Å²) in [6.07, 6.45) is 3.31. The Labute approximate surface area is 66.9 Å². The van der Waals surface area contributed by atoms with Gasteiger partial charge in [-0.2, -0.15) is 0 Å². The molecule has 0 unspecified atom stereocenters. The molecule has 1 aliphatic rings. The monoisotopic (exact) mass is 170 g/mol. The van der Waals surface area contributed by atoms with E-state index in [1.165, 1.54) is 11.3 Å². The number of hydrogen-bond acceptors (Lipinski definition) is 2. The van der Waals surface area contributed by atoms with Crippen LogP contribution in [0.3, 0.4) is 0 Å². The number of ketones is 1. The van der Waals surface area contributed by atoms with E-state index in [0.717, 1.165) is 11.1 Å². The van der Waals surface area contributed by atoms with E-state index in [1.54, 1.807) is 17.5 Å². The highest BCUT2D eigenvalue weighted by Gasteiger charge is 2.17. The van der Waals surface area contributed by atoms with Gasteiger partial charge in [0.05, 0.1) is 0 Å². The molecule has 0 aliphatic heterocycles. The molecule has 1 heterocycles. The largest absolute Gasteiger partial charge is 0.289 e. The van der Waals surface area contributed by atoms with Crippen LogP contribution in [-0.2, 0) is 0 Å². The van der Waals surface area contributed by atoms with Crippen LogP contribution in [0, 0.1) is 0 Å². The van der Waals surface area contributed by atoms with Crippen LogP contribution in [-0.4, -0.2) is 5.78 Å². The predicted octanol–water partition coefficient (Wildman–Crippen LogP) is 2.61. The van der Waals surface area contributed by atoms with Crippen LogP contribution in [0.25, 0.3) is 6.08 Å². The van der Waals surface area contributed by atoms with Crippen LogP contribution in [0.1, 0.15) is 15.9 Å². The lowest BCUT2D eigenvalue weighted by Crippen LogP contribution is -1.85. The summed E-state index contributed by atoms with van der Waals surface area (Å²) in [4.78, 5) is 10.9. The predicted molar refractivity (Wildman–Crippen MR) is 42.7 cm³/mol. The Morgan fingerprint density at radius 1 is 1.40 bits per heavy atom. The number of carbonyl (C=O) groups is 1. The molecule has 0 aromatic carbocycles. The second kappa shape index (κ2) is 1.94. The van der Waals surface area contributed by atoms with Crippen molar-refractivity contribution in [2.45, 2.75) is 0 Å². The number of halogens is 1. The highest BCUT2D eigenvalue weighted by molar-refractivity contribution is 7.15. The van der Waals surface area contributed by atoms with Gasteiger partial charge in [-0.25, -0.2) is 0 Å². The molecule has 3 heteroatoms. The summed E-state index contributed by atoms with van der Waals surface area (Å²) >= 11 is 7.17. The molecule has 2 rings (SSSR count). The van der Waals surface area contributed by atoms with Gasteiger partial charge in [0, 0.05) is 16.5 Å². The second-order valence-electron chi connectivity index (χ2n) is 2.03. The highest BCUT2D eigenvalue weighted by atomic mass is 35.5. The minimum atomic E-state index is 0.0677. The lowest BCUT2D eigenvalue weighted by molar-refractivity contribution is 0.105. The maximum atomic E-state index is 10.9. The number of fused-ring (bicyclic) bond motifs is 1. The quantitative estimate of drug-likeness (QED) is 0.585. The molecule has 50 valence electrons. The zero-order valence-corrected chi connectivity index (χ0v) is 6.50. The number of allylic oxidation sites excluding steroid dienone is 1. The fraction of sp³-hybridized carbons (Fsp3) is 0. The molecule has 0 radical (unpaired) electrons.